The van der Waals surface area contributed by atoms with Gasteiger partial charge in [0.2, 0.25) is 0 Å². The minimum absolute atomic E-state index is 0.109. The minimum atomic E-state index is -4.42. The number of ether oxygens (including phenoxy) is 1. The highest BCUT2D eigenvalue weighted by molar-refractivity contribution is 7.90. The molecule has 2 fully saturated rings. The fraction of sp³-hybridized carbons (Fsp3) is 0.356. The second-order valence-electron chi connectivity index (χ2n) is 16.9. The number of H-pyrrole nitrogens is 1. The summed E-state index contributed by atoms with van der Waals surface area (Å²) < 4.78 is 37.8. The summed E-state index contributed by atoms with van der Waals surface area (Å²) in [5, 5.41) is 6.28. The number of aromatic nitrogens is 4. The Morgan fingerprint density at radius 1 is 0.934 bits per heavy atom. The van der Waals surface area contributed by atoms with E-state index >= 15 is 0 Å². The number of halogens is 1. The minimum Gasteiger partial charge on any atom is -0.378 e. The van der Waals surface area contributed by atoms with Crippen LogP contribution >= 0.6 is 11.6 Å². The lowest BCUT2D eigenvalue weighted by Gasteiger charge is -2.39. The average Bonchev–Trinajstić information content (AvgIpc) is 3.90. The summed E-state index contributed by atoms with van der Waals surface area (Å²) >= 11 is 6.26. The number of pyridine rings is 1. The normalized spacial score (nSPS) is 17.6. The van der Waals surface area contributed by atoms with Crippen molar-refractivity contribution >= 4 is 72.2 Å². The van der Waals surface area contributed by atoms with Crippen LogP contribution in [0.4, 0.5) is 17.1 Å². The van der Waals surface area contributed by atoms with Gasteiger partial charge in [-0.1, -0.05) is 43.2 Å². The second kappa shape index (κ2) is 16.3. The van der Waals surface area contributed by atoms with Crippen molar-refractivity contribution in [2.45, 2.75) is 38.0 Å². The first-order valence-electron chi connectivity index (χ1n) is 20.7. The Morgan fingerprint density at radius 3 is 2.46 bits per heavy atom. The Kier molecular flexibility index (Phi) is 10.9. The molecule has 5 heterocycles. The summed E-state index contributed by atoms with van der Waals surface area (Å²) in [4.78, 5) is 41.4. The van der Waals surface area contributed by atoms with Gasteiger partial charge in [0.05, 0.1) is 41.1 Å². The van der Waals surface area contributed by atoms with E-state index in [1.54, 1.807) is 23.0 Å². The van der Waals surface area contributed by atoms with Gasteiger partial charge in [-0.2, -0.15) is 5.10 Å². The van der Waals surface area contributed by atoms with Crippen LogP contribution in [0.25, 0.3) is 33.3 Å². The predicted octanol–water partition coefficient (Wildman–Crippen LogP) is 7.34. The zero-order valence-electron chi connectivity index (χ0n) is 34.5. The molecular formula is C45H49ClN9O5S+. The standard InChI is InChI=1S/C45H48ClN9O5S/c1-45(2)14-12-32(37(27-45)30-4-6-33(46)7-5-30)29-52-16-18-53(19-17-52)34-8-10-36(40(25-34)55-41-24-31-13-15-47-43(31)49-38(41)28-48-55)44(56)50-61(58,59)35-9-11-39(42(26-35)51(3)57)54-20-22-60-23-21-54/h4-11,13,15,24-26,28H,12,14,16-23,27,29H2,1-3H3,(H-,47,48,49,50,56)/p+1. The van der Waals surface area contributed by atoms with Crippen LogP contribution in [0, 0.1) is 10.3 Å². The summed E-state index contributed by atoms with van der Waals surface area (Å²) in [5.74, 6) is -0.833. The molecule has 0 saturated carbocycles. The van der Waals surface area contributed by atoms with E-state index in [0.29, 0.717) is 59.1 Å². The molecule has 0 radical (unpaired) electrons. The van der Waals surface area contributed by atoms with E-state index in [9.17, 15) is 18.1 Å². The topological polar surface area (TPSA) is 149 Å². The van der Waals surface area contributed by atoms with E-state index in [4.69, 9.17) is 21.3 Å². The van der Waals surface area contributed by atoms with Crippen molar-refractivity contribution in [2.75, 3.05) is 75.9 Å². The molecule has 3 aromatic carbocycles. The quantitative estimate of drug-likeness (QED) is 0.134. The number of fused-ring (bicyclic) bond motifs is 2. The number of morpholine rings is 1. The Morgan fingerprint density at radius 2 is 1.70 bits per heavy atom. The Balaban J connectivity index is 0.998. The van der Waals surface area contributed by atoms with Crippen molar-refractivity contribution in [2.24, 2.45) is 5.41 Å². The van der Waals surface area contributed by atoms with Crippen LogP contribution in [0.5, 0.6) is 0 Å². The largest absolute Gasteiger partial charge is 0.378 e. The van der Waals surface area contributed by atoms with Gasteiger partial charge < -0.3 is 19.5 Å². The Bertz CT molecular complexity index is 2800. The van der Waals surface area contributed by atoms with Crippen LogP contribution in [0.2, 0.25) is 5.02 Å². The number of anilines is 2. The van der Waals surface area contributed by atoms with Crippen LogP contribution in [0.15, 0.2) is 95.7 Å². The third-order valence-corrected chi connectivity index (χ3v) is 13.8. The van der Waals surface area contributed by atoms with Gasteiger partial charge in [-0.3, -0.25) is 9.69 Å². The number of aromatic amines is 1. The first-order chi connectivity index (χ1) is 29.3. The van der Waals surface area contributed by atoms with E-state index in [-0.39, 0.29) is 21.6 Å². The van der Waals surface area contributed by atoms with Gasteiger partial charge in [0.1, 0.15) is 16.9 Å². The number of rotatable bonds is 10. The number of nitroso groups, excluding NO2 is 1. The highest BCUT2D eigenvalue weighted by Crippen LogP contribution is 2.43. The van der Waals surface area contributed by atoms with Crippen LogP contribution in [-0.2, 0) is 14.8 Å². The van der Waals surface area contributed by atoms with Crippen molar-refractivity contribution in [1.29, 1.82) is 0 Å². The highest BCUT2D eigenvalue weighted by atomic mass is 35.5. The summed E-state index contributed by atoms with van der Waals surface area (Å²) in [5.41, 5.74) is 8.55. The first kappa shape index (κ1) is 40.8. The van der Waals surface area contributed by atoms with Crippen LogP contribution in [0.1, 0.15) is 49.0 Å². The zero-order chi connectivity index (χ0) is 42.5. The number of nitrogens with zero attached hydrogens (tertiary/aromatic N) is 7. The molecule has 0 bridgehead atoms. The fourth-order valence-electron chi connectivity index (χ4n) is 8.83. The summed E-state index contributed by atoms with van der Waals surface area (Å²) in [6, 6.07) is 21.8. The number of allylic oxidation sites excluding steroid dienone is 1. The third kappa shape index (κ3) is 8.39. The average molecular weight is 863 g/mol. The molecule has 14 nitrogen and oxygen atoms in total. The molecule has 1 aliphatic carbocycles. The number of hydrogen-bond acceptors (Lipinski definition) is 10. The number of sulfonamides is 1. The number of hydrogen-bond donors (Lipinski definition) is 2. The molecule has 0 atom stereocenters. The maximum Gasteiger partial charge on any atom is 0.280 e. The molecule has 1 amide bonds. The molecule has 16 heteroatoms. The number of carbonyl (C=O) groups excluding carboxylic acids is 1. The van der Waals surface area contributed by atoms with Crippen LogP contribution < -0.4 is 14.5 Å². The third-order valence-electron chi connectivity index (χ3n) is 12.2. The van der Waals surface area contributed by atoms with Crippen LogP contribution in [-0.4, -0.2) is 110 Å². The van der Waals surface area contributed by atoms with Crippen molar-refractivity contribution in [3.63, 3.8) is 0 Å². The Labute approximate surface area is 359 Å². The molecule has 2 aliphatic heterocycles. The SMILES string of the molecule is C[N+](=O)c1cc(S(=O)(=O)NC(=O)c2ccc(N3CCN(CC4=C(c5ccc(Cl)cc5)CC(C)(C)CC4)CC3)cc2-n2ncc3nc4[nH]ccc4cc32)ccc1N1CCOCC1. The van der Waals surface area contributed by atoms with Crippen molar-refractivity contribution in [3.8, 4) is 5.69 Å². The molecular weight excluding hydrogens is 814 g/mol. The fourth-order valence-corrected chi connectivity index (χ4v) is 9.94. The molecule has 2 saturated heterocycles. The lowest BCUT2D eigenvalue weighted by atomic mass is 9.72. The first-order valence-corrected chi connectivity index (χ1v) is 22.5. The van der Waals surface area contributed by atoms with E-state index in [1.165, 1.54) is 35.9 Å². The molecule has 316 valence electrons. The number of piperazine rings is 1. The van der Waals surface area contributed by atoms with Crippen LogP contribution in [0.3, 0.4) is 0 Å². The monoisotopic (exact) mass is 862 g/mol. The molecule has 0 unspecified atom stereocenters. The van der Waals surface area contributed by atoms with Gasteiger partial charge in [-0.25, -0.2) is 22.8 Å². The van der Waals surface area contributed by atoms with Gasteiger partial charge in [0.15, 0.2) is 7.05 Å². The van der Waals surface area contributed by atoms with Gasteiger partial charge in [0.25, 0.3) is 21.6 Å². The van der Waals surface area contributed by atoms with Gasteiger partial charge in [-0.15, -0.1) is 0 Å². The molecule has 0 spiro atoms. The highest BCUT2D eigenvalue weighted by Gasteiger charge is 2.31. The molecule has 9 rings (SSSR count). The number of carbonyl (C=O) groups is 1. The molecule has 2 N–H and O–H groups in total. The molecule has 61 heavy (non-hydrogen) atoms. The maximum absolute atomic E-state index is 14.2. The van der Waals surface area contributed by atoms with E-state index in [2.05, 4.69) is 50.6 Å². The van der Waals surface area contributed by atoms with Crippen molar-refractivity contribution < 1.29 is 22.7 Å². The number of nitrogens with one attached hydrogen (secondary N) is 2. The van der Waals surface area contributed by atoms with Gasteiger partial charge in [0, 0.05) is 83.8 Å². The van der Waals surface area contributed by atoms with Gasteiger partial charge in [-0.05, 0) is 90.4 Å². The summed E-state index contributed by atoms with van der Waals surface area (Å²) in [6.07, 6.45) is 6.69. The van der Waals surface area contributed by atoms with E-state index < -0.39 is 15.9 Å². The Hall–Kier alpha value is -5.61. The maximum atomic E-state index is 14.2. The predicted molar refractivity (Wildman–Crippen MR) is 239 cm³/mol. The molecule has 6 aromatic rings. The van der Waals surface area contributed by atoms with E-state index in [1.807, 2.05) is 47.5 Å². The molecule has 3 aromatic heterocycles. The number of amides is 1. The lowest BCUT2D eigenvalue weighted by Crippen LogP contribution is -2.47. The summed E-state index contributed by atoms with van der Waals surface area (Å²) in [7, 11) is -3.10. The van der Waals surface area contributed by atoms with Crippen molar-refractivity contribution in [3.05, 3.63) is 112 Å². The second-order valence-corrected chi connectivity index (χ2v) is 19.1. The molecule has 3 aliphatic rings. The zero-order valence-corrected chi connectivity index (χ0v) is 36.1. The number of benzene rings is 3. The summed E-state index contributed by atoms with van der Waals surface area (Å²) in [6.45, 7) is 10.9. The van der Waals surface area contributed by atoms with E-state index in [0.717, 1.165) is 68.1 Å². The van der Waals surface area contributed by atoms with Gasteiger partial charge >= 0.3 is 0 Å². The lowest BCUT2D eigenvalue weighted by molar-refractivity contribution is -0.427. The smallest absolute Gasteiger partial charge is 0.280 e. The van der Waals surface area contributed by atoms with Crippen molar-refractivity contribution in [1.82, 2.24) is 29.4 Å².